The number of carbonyl (C=O) groups is 1. The first-order valence-electron chi connectivity index (χ1n) is 14.6. The van der Waals surface area contributed by atoms with Gasteiger partial charge in [0.15, 0.2) is 5.78 Å². The van der Waals surface area contributed by atoms with E-state index in [9.17, 15) is 20.1 Å². The number of phenols is 2. The van der Waals surface area contributed by atoms with E-state index in [1.807, 2.05) is 6.07 Å². The fraction of sp³-hybridized carbons (Fsp3) is 0.594. The molecule has 0 radical (unpaired) electrons. The molecule has 4 rings (SSSR count). The van der Waals surface area contributed by atoms with Gasteiger partial charge < -0.3 is 24.8 Å². The van der Waals surface area contributed by atoms with E-state index in [0.717, 1.165) is 44.9 Å². The summed E-state index contributed by atoms with van der Waals surface area (Å²) in [5.41, 5.74) is 2.13. The lowest BCUT2D eigenvalue weighted by Gasteiger charge is -2.45. The molecule has 0 bridgehead atoms. The molecule has 0 amide bonds. The maximum atomic E-state index is 13.4. The van der Waals surface area contributed by atoms with Crippen LogP contribution in [0.3, 0.4) is 0 Å². The lowest BCUT2D eigenvalue weighted by molar-refractivity contribution is -0.251. The summed E-state index contributed by atoms with van der Waals surface area (Å²) < 4.78 is 12.9. The van der Waals surface area contributed by atoms with Gasteiger partial charge in [-0.2, -0.15) is 0 Å². The molecule has 3 N–H and O–H groups in total. The largest absolute Gasteiger partial charge is 0.508 e. The fourth-order valence-electron chi connectivity index (χ4n) is 6.10. The number of aromatic hydroxyl groups is 2. The lowest BCUT2D eigenvalue weighted by atomic mass is 9.76. The molecule has 2 aliphatic heterocycles. The molecule has 0 fully saturated rings. The quantitative estimate of drug-likeness (QED) is 0.172. The zero-order valence-corrected chi connectivity index (χ0v) is 23.0. The highest BCUT2D eigenvalue weighted by Gasteiger charge is 2.56. The smallest absolute Gasteiger partial charge is 0.243 e. The summed E-state index contributed by atoms with van der Waals surface area (Å²) >= 11 is 0. The molecule has 0 unspecified atom stereocenters. The van der Waals surface area contributed by atoms with Crippen LogP contribution in [0.1, 0.15) is 130 Å². The number of rotatable bonds is 14. The molecule has 0 aromatic heterocycles. The van der Waals surface area contributed by atoms with E-state index >= 15 is 0 Å². The highest BCUT2D eigenvalue weighted by atomic mass is 16.7. The SMILES string of the molecule is CCCCCCCCC(=O)c1cc(O)cc2c1[C@H](O)[C@H](CCCCCCC)[C@]1(OCc3c(O)cccc31)O2. The van der Waals surface area contributed by atoms with E-state index in [0.29, 0.717) is 35.1 Å². The molecule has 3 atom stereocenters. The van der Waals surface area contributed by atoms with Crippen LogP contribution >= 0.6 is 0 Å². The van der Waals surface area contributed by atoms with Gasteiger partial charge >= 0.3 is 0 Å². The number of unbranched alkanes of at least 4 members (excludes halogenated alkanes) is 9. The topological polar surface area (TPSA) is 96.2 Å². The van der Waals surface area contributed by atoms with Gasteiger partial charge in [-0.15, -0.1) is 0 Å². The summed E-state index contributed by atoms with van der Waals surface area (Å²) in [5.74, 6) is -1.52. The number of ketones is 1. The molecule has 2 aromatic rings. The molecule has 2 heterocycles. The monoisotopic (exact) mass is 524 g/mol. The molecule has 1 spiro atoms. The number of hydrogen-bond donors (Lipinski definition) is 3. The minimum absolute atomic E-state index is 0.0791. The van der Waals surface area contributed by atoms with Crippen molar-refractivity contribution >= 4 is 5.78 Å². The zero-order chi connectivity index (χ0) is 27.1. The van der Waals surface area contributed by atoms with Gasteiger partial charge in [0.25, 0.3) is 0 Å². The van der Waals surface area contributed by atoms with Crippen LogP contribution in [0.2, 0.25) is 0 Å². The van der Waals surface area contributed by atoms with E-state index in [4.69, 9.17) is 9.47 Å². The van der Waals surface area contributed by atoms with E-state index < -0.39 is 17.8 Å². The zero-order valence-electron chi connectivity index (χ0n) is 23.0. The number of fused-ring (bicyclic) bond motifs is 3. The van der Waals surface area contributed by atoms with Gasteiger partial charge in [0, 0.05) is 34.7 Å². The summed E-state index contributed by atoms with van der Waals surface area (Å²) in [4.78, 5) is 13.4. The van der Waals surface area contributed by atoms with Gasteiger partial charge in [-0.05, 0) is 25.0 Å². The van der Waals surface area contributed by atoms with Crippen LogP contribution in [-0.2, 0) is 17.1 Å². The first-order valence-corrected chi connectivity index (χ1v) is 14.6. The number of hydrogen-bond acceptors (Lipinski definition) is 6. The number of carbonyl (C=O) groups excluding carboxylic acids is 1. The van der Waals surface area contributed by atoms with Crippen molar-refractivity contribution in [2.24, 2.45) is 5.92 Å². The third-order valence-corrected chi connectivity index (χ3v) is 8.19. The average molecular weight is 525 g/mol. The minimum Gasteiger partial charge on any atom is -0.508 e. The van der Waals surface area contributed by atoms with E-state index in [1.165, 1.54) is 37.8 Å². The Bertz CT molecular complexity index is 1100. The molecule has 0 saturated carbocycles. The van der Waals surface area contributed by atoms with E-state index in [-0.39, 0.29) is 29.6 Å². The third kappa shape index (κ3) is 5.86. The van der Waals surface area contributed by atoms with Crippen molar-refractivity contribution in [2.45, 2.75) is 116 Å². The number of phenolic OH excluding ortho intramolecular Hbond substituents is 2. The Morgan fingerprint density at radius 1 is 0.947 bits per heavy atom. The predicted octanol–water partition coefficient (Wildman–Crippen LogP) is 7.82. The van der Waals surface area contributed by atoms with Crippen molar-refractivity contribution in [3.05, 3.63) is 52.6 Å². The normalized spacial score (nSPS) is 21.8. The van der Waals surface area contributed by atoms with E-state index in [1.54, 1.807) is 12.1 Å². The van der Waals surface area contributed by atoms with Gasteiger partial charge in [-0.1, -0.05) is 90.2 Å². The van der Waals surface area contributed by atoms with Crippen LogP contribution in [0.5, 0.6) is 17.2 Å². The second kappa shape index (κ2) is 13.0. The molecule has 6 heteroatoms. The number of aliphatic hydroxyl groups excluding tert-OH is 1. The maximum absolute atomic E-state index is 13.4. The Labute approximate surface area is 227 Å². The molecule has 2 aromatic carbocycles. The summed E-state index contributed by atoms with van der Waals surface area (Å²) in [6.45, 7) is 4.53. The maximum Gasteiger partial charge on any atom is 0.243 e. The van der Waals surface area contributed by atoms with Gasteiger partial charge in [-0.3, -0.25) is 4.79 Å². The van der Waals surface area contributed by atoms with Crippen molar-refractivity contribution in [3.63, 3.8) is 0 Å². The Balaban J connectivity index is 1.64. The van der Waals surface area contributed by atoms with Gasteiger partial charge in [0.2, 0.25) is 5.79 Å². The fourth-order valence-corrected chi connectivity index (χ4v) is 6.10. The highest BCUT2D eigenvalue weighted by Crippen LogP contribution is 2.57. The van der Waals surface area contributed by atoms with Crippen molar-refractivity contribution < 1.29 is 29.6 Å². The Kier molecular flexibility index (Phi) is 9.72. The van der Waals surface area contributed by atoms with Crippen LogP contribution < -0.4 is 4.74 Å². The molecule has 208 valence electrons. The summed E-state index contributed by atoms with van der Waals surface area (Å²) in [6.07, 6.45) is 11.8. The van der Waals surface area contributed by atoms with Crippen molar-refractivity contribution in [3.8, 4) is 17.2 Å². The summed E-state index contributed by atoms with van der Waals surface area (Å²) in [5, 5.41) is 32.9. The second-order valence-electron chi connectivity index (χ2n) is 11.0. The van der Waals surface area contributed by atoms with Gasteiger partial charge in [0.05, 0.1) is 18.6 Å². The summed E-state index contributed by atoms with van der Waals surface area (Å²) in [6, 6.07) is 8.18. The van der Waals surface area contributed by atoms with Gasteiger partial charge in [-0.25, -0.2) is 0 Å². The number of ether oxygens (including phenoxy) is 2. The average Bonchev–Trinajstić information content (AvgIpc) is 3.26. The molecule has 0 saturated heterocycles. The van der Waals surface area contributed by atoms with Crippen molar-refractivity contribution in [1.29, 1.82) is 0 Å². The standard InChI is InChI=1S/C32H44O6/c1-3-5-7-9-11-13-17-27(34)23-19-22(33)20-29-30(23)31(36)26(15-12-10-8-6-4-2)32(38-29)25-16-14-18-28(35)24(25)21-37-32/h14,16,18-20,26,31,33,35-36H,3-13,15,17,21H2,1-2H3/t26-,31+,32+/m0/s1. The second-order valence-corrected chi connectivity index (χ2v) is 11.0. The molecular formula is C32H44O6. The predicted molar refractivity (Wildman–Crippen MR) is 147 cm³/mol. The highest BCUT2D eigenvalue weighted by molar-refractivity contribution is 5.98. The number of aliphatic hydroxyl groups is 1. The van der Waals surface area contributed by atoms with Crippen LogP contribution in [0.25, 0.3) is 0 Å². The Morgan fingerprint density at radius 2 is 1.63 bits per heavy atom. The van der Waals surface area contributed by atoms with Crippen LogP contribution in [0.15, 0.2) is 30.3 Å². The minimum atomic E-state index is -1.29. The molecule has 2 aliphatic rings. The molecule has 0 aliphatic carbocycles. The molecule has 38 heavy (non-hydrogen) atoms. The van der Waals surface area contributed by atoms with Gasteiger partial charge in [0.1, 0.15) is 17.2 Å². The Morgan fingerprint density at radius 3 is 2.37 bits per heavy atom. The first-order chi connectivity index (χ1) is 18.4. The number of Topliss-reactive ketones (excluding diaryl/α,β-unsaturated/α-hetero) is 1. The van der Waals surface area contributed by atoms with E-state index in [2.05, 4.69) is 13.8 Å². The molecule has 6 nitrogen and oxygen atoms in total. The number of benzene rings is 2. The summed E-state index contributed by atoms with van der Waals surface area (Å²) in [7, 11) is 0. The third-order valence-electron chi connectivity index (χ3n) is 8.19. The lowest BCUT2D eigenvalue weighted by Crippen LogP contribution is -2.47. The molecular weight excluding hydrogens is 480 g/mol. The Hall–Kier alpha value is -2.57. The first kappa shape index (κ1) is 28.4. The van der Waals surface area contributed by atoms with Crippen LogP contribution in [0.4, 0.5) is 0 Å². The van der Waals surface area contributed by atoms with Crippen LogP contribution in [-0.4, -0.2) is 21.1 Å². The van der Waals surface area contributed by atoms with Crippen LogP contribution in [0, 0.1) is 5.92 Å². The van der Waals surface area contributed by atoms with Crippen molar-refractivity contribution in [2.75, 3.05) is 0 Å². The van der Waals surface area contributed by atoms with Crippen molar-refractivity contribution in [1.82, 2.24) is 0 Å².